The van der Waals surface area contributed by atoms with Gasteiger partial charge >= 0.3 is 6.18 Å². The summed E-state index contributed by atoms with van der Waals surface area (Å²) in [5.41, 5.74) is 10.8. The van der Waals surface area contributed by atoms with Gasteiger partial charge < -0.3 is 31.6 Å². The predicted molar refractivity (Wildman–Crippen MR) is 163 cm³/mol. The molecule has 15 heteroatoms. The van der Waals surface area contributed by atoms with Crippen molar-refractivity contribution in [2.75, 3.05) is 39.2 Å². The molecule has 2 aromatic rings. The molecule has 1 aliphatic rings. The molecule has 0 atom stereocenters. The van der Waals surface area contributed by atoms with E-state index in [0.717, 1.165) is 5.56 Å². The Bertz CT molecular complexity index is 1220. The molecule has 1 fully saturated rings. The third-order valence-electron chi connectivity index (χ3n) is 5.06. The van der Waals surface area contributed by atoms with Crippen molar-refractivity contribution in [2.24, 2.45) is 26.4 Å². The number of guanidine groups is 1. The summed E-state index contributed by atoms with van der Waals surface area (Å²) >= 11 is 5.95. The second-order valence-corrected chi connectivity index (χ2v) is 8.44. The van der Waals surface area contributed by atoms with Crippen LogP contribution in [0.25, 0.3) is 0 Å². The van der Waals surface area contributed by atoms with E-state index < -0.39 is 24.3 Å². The van der Waals surface area contributed by atoms with Gasteiger partial charge in [-0.2, -0.15) is 18.2 Å². The lowest BCUT2D eigenvalue weighted by Crippen LogP contribution is -2.29. The predicted octanol–water partition coefficient (Wildman–Crippen LogP) is 3.73. The fourth-order valence-electron chi connectivity index (χ4n) is 3.08. The molecule has 2 aromatic carbocycles. The van der Waals surface area contributed by atoms with Gasteiger partial charge in [0.25, 0.3) is 18.4 Å². The smallest absolute Gasteiger partial charge is 0.422 e. The fourth-order valence-corrected chi connectivity index (χ4v) is 3.21. The summed E-state index contributed by atoms with van der Waals surface area (Å²) in [5.74, 6) is -0.466. The summed E-state index contributed by atoms with van der Waals surface area (Å²) in [6.07, 6.45) is 4.83. The minimum absolute atomic E-state index is 0.139. The summed E-state index contributed by atoms with van der Waals surface area (Å²) in [6.45, 7) is 2.84. The summed E-state index contributed by atoms with van der Waals surface area (Å²) in [7, 11) is 2.81. The maximum atomic E-state index is 12.8. The first kappa shape index (κ1) is 38.5. The molecule has 43 heavy (non-hydrogen) atoms. The number of hydrogen-bond acceptors (Lipinski definition) is 7. The number of benzene rings is 2. The Morgan fingerprint density at radius 3 is 2.14 bits per heavy atom. The zero-order chi connectivity index (χ0) is 32.9. The van der Waals surface area contributed by atoms with Crippen LogP contribution in [0, 0.1) is 12.8 Å². The van der Waals surface area contributed by atoms with Crippen molar-refractivity contribution in [3.63, 3.8) is 0 Å². The van der Waals surface area contributed by atoms with Crippen molar-refractivity contribution in [1.29, 1.82) is 0 Å². The number of anilines is 1. The lowest BCUT2D eigenvalue weighted by molar-refractivity contribution is -0.156. The van der Waals surface area contributed by atoms with Crippen LogP contribution in [-0.2, 0) is 19.8 Å². The van der Waals surface area contributed by atoms with Gasteiger partial charge in [-0.25, -0.2) is 9.98 Å². The lowest BCUT2D eigenvalue weighted by atomic mass is 10.1. The van der Waals surface area contributed by atoms with Crippen molar-refractivity contribution in [1.82, 2.24) is 5.32 Å². The highest BCUT2D eigenvalue weighted by Crippen LogP contribution is 2.49. The standard InChI is InChI=1S/C23H24ClF3N6O2.C2H4O2.C2H2.CH5N/c1-29-20(33-22(10-11-22)16-4-6-17(24)7-5-16)32-21(35-14-23(25,26)27)31-18-8-2-15(3-9-18)19(34)30-13-12-28;1-4-2-3;2*1-2/h2-9H,1,10-14,28H2,(H,30,34)(H,31,32,33);2H,1H3;1-2H;2H2,1H3. The molecule has 11 nitrogen and oxygen atoms in total. The van der Waals surface area contributed by atoms with Crippen LogP contribution in [-0.4, -0.2) is 71.1 Å². The number of terminal acetylenes is 1. The van der Waals surface area contributed by atoms with E-state index in [1.165, 1.54) is 38.4 Å². The molecule has 0 unspecified atom stereocenters. The topological polar surface area (TPSA) is 166 Å². The quantitative estimate of drug-likeness (QED) is 0.150. The highest BCUT2D eigenvalue weighted by atomic mass is 35.5. The van der Waals surface area contributed by atoms with E-state index >= 15 is 0 Å². The van der Waals surface area contributed by atoms with E-state index in [0.29, 0.717) is 48.7 Å². The number of nitrogens with two attached hydrogens (primary N) is 2. The normalized spacial score (nSPS) is 13.2. The third kappa shape index (κ3) is 14.8. The number of amidine groups is 1. The first-order chi connectivity index (χ1) is 20.6. The van der Waals surface area contributed by atoms with Crippen LogP contribution < -0.4 is 22.1 Å². The molecule has 6 N–H and O–H groups in total. The number of aliphatic imine (C=N–C) groups is 3. The summed E-state index contributed by atoms with van der Waals surface area (Å²) < 4.78 is 47.2. The number of nitrogens with zero attached hydrogens (tertiary/aromatic N) is 3. The van der Waals surface area contributed by atoms with Crippen molar-refractivity contribution in [3.05, 3.63) is 64.7 Å². The van der Waals surface area contributed by atoms with Crippen LogP contribution >= 0.6 is 11.6 Å². The largest absolute Gasteiger partial charge is 0.471 e. The average Bonchev–Trinajstić information content (AvgIpc) is 3.81. The Hall–Kier alpha value is -4.45. The van der Waals surface area contributed by atoms with Crippen molar-refractivity contribution >= 4 is 48.4 Å². The molecule has 0 spiro atoms. The zero-order valence-electron chi connectivity index (χ0n) is 23.7. The van der Waals surface area contributed by atoms with Crippen LogP contribution in [0.1, 0.15) is 28.8 Å². The SMILES string of the molecule is C#C.C=NC(=NC1(c2ccc(Cl)cc2)CC1)/N=C(\Nc1ccc(C(=O)NCCN)cc1)OCC(F)(F)F.CN.COC=O. The maximum absolute atomic E-state index is 12.8. The number of rotatable bonds is 8. The molecular formula is C28H35ClF3N7O4. The molecule has 0 aromatic heterocycles. The van der Waals surface area contributed by atoms with Crippen LogP contribution in [0.5, 0.6) is 0 Å². The van der Waals surface area contributed by atoms with Gasteiger partial charge in [-0.15, -0.1) is 12.8 Å². The number of carbonyl (C=O) groups excluding carboxylic acids is 2. The third-order valence-corrected chi connectivity index (χ3v) is 5.31. The van der Waals surface area contributed by atoms with E-state index in [4.69, 9.17) is 26.9 Å². The first-order valence-electron chi connectivity index (χ1n) is 12.4. The molecule has 234 valence electrons. The summed E-state index contributed by atoms with van der Waals surface area (Å²) in [5, 5.41) is 5.87. The number of methoxy groups -OCH3 is 1. The van der Waals surface area contributed by atoms with Gasteiger partial charge in [0.15, 0.2) is 6.61 Å². The van der Waals surface area contributed by atoms with Crippen molar-refractivity contribution in [2.45, 2.75) is 24.6 Å². The Morgan fingerprint density at radius 2 is 1.70 bits per heavy atom. The van der Waals surface area contributed by atoms with Crippen LogP contribution in [0.4, 0.5) is 18.9 Å². The zero-order valence-corrected chi connectivity index (χ0v) is 24.5. The van der Waals surface area contributed by atoms with Gasteiger partial charge in [-0.3, -0.25) is 9.59 Å². The molecular weight excluding hydrogens is 591 g/mol. The fraction of sp³-hybridized carbons (Fsp3) is 0.321. The van der Waals surface area contributed by atoms with Crippen LogP contribution in [0.3, 0.4) is 0 Å². The van der Waals surface area contributed by atoms with E-state index in [1.807, 2.05) is 12.1 Å². The first-order valence-corrected chi connectivity index (χ1v) is 12.8. The number of nitrogens with one attached hydrogen (secondary N) is 2. The minimum Gasteiger partial charge on any atom is -0.471 e. The Balaban J connectivity index is 0.00000200. The second-order valence-electron chi connectivity index (χ2n) is 8.01. The molecule has 0 heterocycles. The molecule has 1 amide bonds. The highest BCUT2D eigenvalue weighted by molar-refractivity contribution is 6.30. The van der Waals surface area contributed by atoms with Gasteiger partial charge in [-0.1, -0.05) is 23.7 Å². The van der Waals surface area contributed by atoms with E-state index in [9.17, 15) is 18.0 Å². The van der Waals surface area contributed by atoms with Gasteiger partial charge in [0.05, 0.1) is 12.6 Å². The molecule has 0 saturated heterocycles. The maximum Gasteiger partial charge on any atom is 0.422 e. The minimum atomic E-state index is -4.59. The Morgan fingerprint density at radius 1 is 1.14 bits per heavy atom. The second kappa shape index (κ2) is 20.4. The van der Waals surface area contributed by atoms with E-state index in [-0.39, 0.29) is 11.9 Å². The van der Waals surface area contributed by atoms with Gasteiger partial charge in [0.1, 0.15) is 0 Å². The number of halogens is 4. The molecule has 0 aliphatic heterocycles. The summed E-state index contributed by atoms with van der Waals surface area (Å²) in [6, 6.07) is 12.6. The monoisotopic (exact) mass is 625 g/mol. The van der Waals surface area contributed by atoms with Crippen LogP contribution in [0.15, 0.2) is 63.5 Å². The average molecular weight is 626 g/mol. The number of carbonyl (C=O) groups is 2. The molecule has 0 bridgehead atoms. The highest BCUT2D eigenvalue weighted by Gasteiger charge is 2.45. The number of ether oxygens (including phenoxy) is 2. The summed E-state index contributed by atoms with van der Waals surface area (Å²) in [4.78, 5) is 33.3. The molecule has 0 radical (unpaired) electrons. The van der Waals surface area contributed by atoms with Gasteiger partial charge in [0.2, 0.25) is 5.96 Å². The number of alkyl halides is 3. The van der Waals surface area contributed by atoms with E-state index in [1.54, 1.807) is 12.1 Å². The van der Waals surface area contributed by atoms with E-state index in [2.05, 4.69) is 55.6 Å². The Labute approximate surface area is 253 Å². The molecule has 3 rings (SSSR count). The number of hydrogen-bond donors (Lipinski definition) is 4. The number of amides is 1. The van der Waals surface area contributed by atoms with Crippen molar-refractivity contribution < 1.29 is 32.2 Å². The van der Waals surface area contributed by atoms with Gasteiger partial charge in [0, 0.05) is 29.4 Å². The van der Waals surface area contributed by atoms with Crippen molar-refractivity contribution in [3.8, 4) is 12.8 Å². The van der Waals surface area contributed by atoms with Crippen LogP contribution in [0.2, 0.25) is 5.02 Å². The Kier molecular flexibility index (Phi) is 18.3. The lowest BCUT2D eigenvalue weighted by Gasteiger charge is -2.14. The molecule has 1 aliphatic carbocycles. The van der Waals surface area contributed by atoms with Gasteiger partial charge in [-0.05, 0) is 68.6 Å². The molecule has 1 saturated carbocycles.